The van der Waals surface area contributed by atoms with Crippen molar-refractivity contribution in [1.29, 1.82) is 0 Å². The van der Waals surface area contributed by atoms with Crippen LogP contribution in [0, 0.1) is 13.8 Å². The molecule has 0 unspecified atom stereocenters. The molecule has 1 aliphatic rings. The van der Waals surface area contributed by atoms with Crippen molar-refractivity contribution in [2.75, 3.05) is 25.5 Å². The van der Waals surface area contributed by atoms with E-state index < -0.39 is 0 Å². The number of aromatic nitrogens is 2. The third kappa shape index (κ3) is 5.38. The van der Waals surface area contributed by atoms with E-state index in [-0.39, 0.29) is 18.1 Å². The van der Waals surface area contributed by atoms with Crippen molar-refractivity contribution in [3.8, 4) is 5.69 Å². The first kappa shape index (κ1) is 26.4. The number of ether oxygens (including phenoxy) is 1. The molecule has 39 heavy (non-hydrogen) atoms. The Kier molecular flexibility index (Phi) is 7.93. The summed E-state index contributed by atoms with van der Waals surface area (Å²) in [4.78, 5) is 19.5. The van der Waals surface area contributed by atoms with E-state index in [0.717, 1.165) is 58.6 Å². The number of methoxy groups -OCH3 is 1. The Labute approximate surface area is 234 Å². The lowest BCUT2D eigenvalue weighted by molar-refractivity contribution is 0.0600. The summed E-state index contributed by atoms with van der Waals surface area (Å²) in [7, 11) is 1.41. The van der Waals surface area contributed by atoms with Crippen LogP contribution in [-0.2, 0) is 4.74 Å². The first-order valence-corrected chi connectivity index (χ1v) is 13.5. The van der Waals surface area contributed by atoms with Gasteiger partial charge in [-0.1, -0.05) is 36.4 Å². The molecule has 0 aliphatic carbocycles. The number of hydrogen-bond donors (Lipinski definition) is 2. The Balaban J connectivity index is 1.49. The Hall–Kier alpha value is -4.17. The average Bonchev–Trinajstić information content (AvgIpc) is 3.45. The van der Waals surface area contributed by atoms with Gasteiger partial charge in [0.2, 0.25) is 0 Å². The minimum Gasteiger partial charge on any atom is -0.465 e. The highest BCUT2D eigenvalue weighted by Crippen LogP contribution is 2.41. The van der Waals surface area contributed by atoms with Gasteiger partial charge in [0.15, 0.2) is 5.11 Å². The number of hydrogen-bond acceptors (Lipinski definition) is 5. The van der Waals surface area contributed by atoms with Crippen LogP contribution in [0.4, 0.5) is 5.69 Å². The van der Waals surface area contributed by atoms with E-state index in [1.54, 1.807) is 6.07 Å². The van der Waals surface area contributed by atoms with Crippen LogP contribution in [0.15, 0.2) is 85.1 Å². The summed E-state index contributed by atoms with van der Waals surface area (Å²) in [6, 6.07) is 25.8. The van der Waals surface area contributed by atoms with Crippen molar-refractivity contribution in [2.24, 2.45) is 0 Å². The second-order valence-corrected chi connectivity index (χ2v) is 10.0. The molecule has 5 rings (SSSR count). The van der Waals surface area contributed by atoms with E-state index >= 15 is 0 Å². The number of aryl methyl sites for hydroxylation is 1. The van der Waals surface area contributed by atoms with Crippen molar-refractivity contribution >= 4 is 29.0 Å². The summed E-state index contributed by atoms with van der Waals surface area (Å²) in [5.41, 5.74) is 6.59. The lowest BCUT2D eigenvalue weighted by Crippen LogP contribution is -2.31. The molecule has 0 saturated carbocycles. The van der Waals surface area contributed by atoms with Crippen LogP contribution < -0.4 is 10.6 Å². The molecule has 1 saturated heterocycles. The first-order valence-electron chi connectivity index (χ1n) is 13.1. The zero-order valence-electron chi connectivity index (χ0n) is 22.4. The maximum atomic E-state index is 12.6. The van der Waals surface area contributed by atoms with Crippen LogP contribution in [0.1, 0.15) is 51.5 Å². The molecule has 4 aromatic rings. The highest BCUT2D eigenvalue weighted by Gasteiger charge is 2.41. The summed E-state index contributed by atoms with van der Waals surface area (Å²) in [6.45, 7) is 5.77. The van der Waals surface area contributed by atoms with Gasteiger partial charge in [-0.15, -0.1) is 0 Å². The van der Waals surface area contributed by atoms with E-state index in [1.807, 2.05) is 60.8 Å². The normalized spacial score (nSPS) is 16.7. The van der Waals surface area contributed by atoms with Gasteiger partial charge in [-0.25, -0.2) is 4.79 Å². The minimum atomic E-state index is -0.359. The molecule has 8 heteroatoms. The third-order valence-corrected chi connectivity index (χ3v) is 7.57. The summed E-state index contributed by atoms with van der Waals surface area (Å²) in [5, 5.41) is 7.77. The molecule has 2 N–H and O–H groups in total. The molecule has 3 heterocycles. The number of rotatable bonds is 9. The van der Waals surface area contributed by atoms with Crippen LogP contribution >= 0.6 is 12.2 Å². The number of nitrogens with zero attached hydrogens (tertiary/aromatic N) is 3. The second kappa shape index (κ2) is 11.7. The van der Waals surface area contributed by atoms with E-state index in [0.29, 0.717) is 5.56 Å². The van der Waals surface area contributed by atoms with Gasteiger partial charge < -0.3 is 24.8 Å². The number of anilines is 1. The lowest BCUT2D eigenvalue weighted by atomic mass is 9.96. The number of carbonyl (C=O) groups excluding carboxylic acids is 1. The molecule has 0 amide bonds. The lowest BCUT2D eigenvalue weighted by Gasteiger charge is -2.28. The number of esters is 1. The van der Waals surface area contributed by atoms with Gasteiger partial charge in [0.25, 0.3) is 0 Å². The Bertz CT molecular complexity index is 1450. The summed E-state index contributed by atoms with van der Waals surface area (Å²) >= 11 is 5.88. The van der Waals surface area contributed by atoms with Gasteiger partial charge in [-0.2, -0.15) is 0 Å². The SMILES string of the molecule is COC(=O)c1ccccc1-n1c(C)cc([C@@H]2[C@@H](c3ccccn3)NC(=S)N2CCCNc2ccccc2)c1C. The molecule has 2 aromatic heterocycles. The molecule has 2 atom stereocenters. The van der Waals surface area contributed by atoms with Gasteiger partial charge in [-0.05, 0) is 80.5 Å². The van der Waals surface area contributed by atoms with Crippen LogP contribution in [0.2, 0.25) is 0 Å². The molecular formula is C31H33N5O2S. The Morgan fingerprint density at radius 3 is 2.54 bits per heavy atom. The number of para-hydroxylation sites is 2. The predicted molar refractivity (Wildman–Crippen MR) is 158 cm³/mol. The van der Waals surface area contributed by atoms with E-state index in [1.165, 1.54) is 7.11 Å². The van der Waals surface area contributed by atoms with Crippen LogP contribution in [-0.4, -0.2) is 45.7 Å². The molecule has 1 fully saturated rings. The van der Waals surface area contributed by atoms with E-state index in [4.69, 9.17) is 17.0 Å². The largest absolute Gasteiger partial charge is 0.465 e. The summed E-state index contributed by atoms with van der Waals surface area (Å²) < 4.78 is 7.21. The summed E-state index contributed by atoms with van der Waals surface area (Å²) in [6.07, 6.45) is 2.73. The molecule has 1 aliphatic heterocycles. The standard InChI is InChI=1S/C31H33N5O2S/c1-21-20-25(22(2)36(21)27-16-8-7-14-24(27)30(37)38-3)29-28(26-15-9-10-17-33-26)34-31(39)35(29)19-11-18-32-23-12-5-4-6-13-23/h4-10,12-17,20,28-29,32H,11,18-19H2,1-3H3,(H,34,39)/t28-,29-/m1/s1. The smallest absolute Gasteiger partial charge is 0.339 e. The number of thiocarbonyl (C=S) groups is 1. The molecule has 0 spiro atoms. The molecular weight excluding hydrogens is 506 g/mol. The quantitative estimate of drug-likeness (QED) is 0.159. The van der Waals surface area contributed by atoms with Gasteiger partial charge in [0, 0.05) is 36.4 Å². The van der Waals surface area contributed by atoms with Gasteiger partial charge in [0.05, 0.1) is 36.1 Å². The first-order chi connectivity index (χ1) is 19.0. The molecule has 0 radical (unpaired) electrons. The minimum absolute atomic E-state index is 0.0608. The van der Waals surface area contributed by atoms with Gasteiger partial charge >= 0.3 is 5.97 Å². The van der Waals surface area contributed by atoms with Crippen molar-refractivity contribution in [2.45, 2.75) is 32.4 Å². The Morgan fingerprint density at radius 1 is 1.05 bits per heavy atom. The Morgan fingerprint density at radius 2 is 1.79 bits per heavy atom. The monoisotopic (exact) mass is 539 g/mol. The van der Waals surface area contributed by atoms with Crippen molar-refractivity contribution in [1.82, 2.24) is 19.8 Å². The maximum absolute atomic E-state index is 12.6. The highest BCUT2D eigenvalue weighted by atomic mass is 32.1. The van der Waals surface area contributed by atoms with Crippen LogP contribution in [0.5, 0.6) is 0 Å². The molecule has 7 nitrogen and oxygen atoms in total. The predicted octanol–water partition coefficient (Wildman–Crippen LogP) is 5.75. The van der Waals surface area contributed by atoms with Crippen molar-refractivity contribution in [3.63, 3.8) is 0 Å². The third-order valence-electron chi connectivity index (χ3n) is 7.22. The van der Waals surface area contributed by atoms with E-state index in [9.17, 15) is 4.79 Å². The number of pyridine rings is 1. The fraction of sp³-hybridized carbons (Fsp3) is 0.258. The average molecular weight is 540 g/mol. The topological polar surface area (TPSA) is 71.4 Å². The highest BCUT2D eigenvalue weighted by molar-refractivity contribution is 7.80. The molecule has 0 bridgehead atoms. The number of nitrogens with one attached hydrogen (secondary N) is 2. The molecule has 2 aromatic carbocycles. The zero-order valence-corrected chi connectivity index (χ0v) is 23.2. The second-order valence-electron chi connectivity index (χ2n) is 9.64. The maximum Gasteiger partial charge on any atom is 0.339 e. The number of benzene rings is 2. The summed E-state index contributed by atoms with van der Waals surface area (Å²) in [5.74, 6) is -0.359. The van der Waals surface area contributed by atoms with Crippen molar-refractivity contribution < 1.29 is 9.53 Å². The fourth-order valence-corrected chi connectivity index (χ4v) is 5.76. The van der Waals surface area contributed by atoms with Crippen molar-refractivity contribution in [3.05, 3.63) is 113 Å². The van der Waals surface area contributed by atoms with Gasteiger partial charge in [-0.3, -0.25) is 4.98 Å². The molecule has 200 valence electrons. The van der Waals surface area contributed by atoms with Gasteiger partial charge in [0.1, 0.15) is 0 Å². The van der Waals surface area contributed by atoms with E-state index in [2.05, 4.69) is 57.1 Å². The van der Waals surface area contributed by atoms with Crippen LogP contribution in [0.3, 0.4) is 0 Å². The zero-order chi connectivity index (χ0) is 27.4. The van der Waals surface area contributed by atoms with Crippen LogP contribution in [0.25, 0.3) is 5.69 Å². The fourth-order valence-electron chi connectivity index (χ4n) is 5.43. The number of carbonyl (C=O) groups is 1.